The first kappa shape index (κ1) is 17.4. The second-order valence-corrected chi connectivity index (χ2v) is 7.51. The molecule has 0 aliphatic rings. The van der Waals surface area contributed by atoms with Crippen LogP contribution in [0, 0.1) is 0 Å². The molecular weight excluding hydrogens is 380 g/mol. The number of benzene rings is 2. The van der Waals surface area contributed by atoms with Crippen LogP contribution < -0.4 is 5.32 Å². The number of hydrogen-bond donors (Lipinski definition) is 1. The molecule has 2 heterocycles. The molecule has 0 bridgehead atoms. The van der Waals surface area contributed by atoms with E-state index in [2.05, 4.69) is 10.3 Å². The van der Waals surface area contributed by atoms with Crippen LogP contribution >= 0.6 is 22.7 Å². The molecule has 4 aromatic rings. The van der Waals surface area contributed by atoms with Crippen molar-refractivity contribution in [1.82, 2.24) is 4.98 Å². The van der Waals surface area contributed by atoms with E-state index in [1.54, 1.807) is 16.7 Å². The summed E-state index contributed by atoms with van der Waals surface area (Å²) in [4.78, 5) is 29.4. The van der Waals surface area contributed by atoms with E-state index in [-0.39, 0.29) is 12.3 Å². The van der Waals surface area contributed by atoms with Crippen molar-refractivity contribution in [3.05, 3.63) is 71.1 Å². The summed E-state index contributed by atoms with van der Waals surface area (Å²) in [5, 5.41) is 9.20. The number of amides is 1. The van der Waals surface area contributed by atoms with E-state index in [1.165, 1.54) is 11.3 Å². The Kier molecular flexibility index (Phi) is 4.95. The number of rotatable bonds is 5. The molecule has 2 aromatic heterocycles. The van der Waals surface area contributed by atoms with Gasteiger partial charge in [-0.25, -0.2) is 9.78 Å². The summed E-state index contributed by atoms with van der Waals surface area (Å²) in [6, 6.07) is 17.4. The minimum atomic E-state index is -0.609. The van der Waals surface area contributed by atoms with Crippen LogP contribution in [0.15, 0.2) is 65.4 Å². The predicted octanol–water partition coefficient (Wildman–Crippen LogP) is 4.82. The standard InChI is InChI=1S/C20H14N2O3S2/c23-18(21-15-8-7-13-4-1-2-5-14(13)10-15)11-25-20(24)16-12-27-19(22-16)17-6-3-9-26-17/h1-10,12H,11H2,(H,21,23). The number of esters is 1. The van der Waals surface area contributed by atoms with Crippen molar-refractivity contribution in [1.29, 1.82) is 0 Å². The highest BCUT2D eigenvalue weighted by Crippen LogP contribution is 2.28. The van der Waals surface area contributed by atoms with Crippen LogP contribution in [0.25, 0.3) is 20.7 Å². The maximum Gasteiger partial charge on any atom is 0.358 e. The zero-order valence-electron chi connectivity index (χ0n) is 14.0. The van der Waals surface area contributed by atoms with Crippen LogP contribution in [0.3, 0.4) is 0 Å². The van der Waals surface area contributed by atoms with Crippen molar-refractivity contribution >= 4 is 51.0 Å². The lowest BCUT2D eigenvalue weighted by molar-refractivity contribution is -0.119. The van der Waals surface area contributed by atoms with Crippen LogP contribution in [0.1, 0.15) is 10.5 Å². The average molecular weight is 394 g/mol. The van der Waals surface area contributed by atoms with Gasteiger partial charge in [0.25, 0.3) is 5.91 Å². The molecular formula is C20H14N2O3S2. The van der Waals surface area contributed by atoms with E-state index in [1.807, 2.05) is 60.0 Å². The van der Waals surface area contributed by atoms with Gasteiger partial charge in [0.1, 0.15) is 5.01 Å². The Morgan fingerprint density at radius 3 is 2.67 bits per heavy atom. The number of fused-ring (bicyclic) bond motifs is 1. The SMILES string of the molecule is O=C(COC(=O)c1csc(-c2cccs2)n1)Nc1ccc2ccccc2c1. The normalized spacial score (nSPS) is 10.7. The van der Waals surface area contributed by atoms with Crippen molar-refractivity contribution in [3.8, 4) is 9.88 Å². The molecule has 7 heteroatoms. The van der Waals surface area contributed by atoms with Crippen LogP contribution in [-0.2, 0) is 9.53 Å². The zero-order chi connectivity index (χ0) is 18.6. The topological polar surface area (TPSA) is 68.3 Å². The Morgan fingerprint density at radius 2 is 1.85 bits per heavy atom. The Hall–Kier alpha value is -3.03. The highest BCUT2D eigenvalue weighted by atomic mass is 32.1. The molecule has 0 saturated heterocycles. The first-order valence-electron chi connectivity index (χ1n) is 8.14. The summed E-state index contributed by atoms with van der Waals surface area (Å²) in [5.41, 5.74) is 0.866. The number of ether oxygens (including phenoxy) is 1. The lowest BCUT2D eigenvalue weighted by atomic mass is 10.1. The molecule has 0 spiro atoms. The largest absolute Gasteiger partial charge is 0.451 e. The smallest absolute Gasteiger partial charge is 0.358 e. The lowest BCUT2D eigenvalue weighted by Gasteiger charge is -2.07. The number of nitrogens with zero attached hydrogens (tertiary/aromatic N) is 1. The highest BCUT2D eigenvalue weighted by Gasteiger charge is 2.15. The number of anilines is 1. The van der Waals surface area contributed by atoms with Crippen molar-refractivity contribution < 1.29 is 14.3 Å². The Morgan fingerprint density at radius 1 is 1.00 bits per heavy atom. The van der Waals surface area contributed by atoms with E-state index < -0.39 is 11.9 Å². The van der Waals surface area contributed by atoms with Gasteiger partial charge in [-0.3, -0.25) is 4.79 Å². The summed E-state index contributed by atoms with van der Waals surface area (Å²) in [5.74, 6) is -1.00. The number of thiophene rings is 1. The van der Waals surface area contributed by atoms with Gasteiger partial charge in [-0.1, -0.05) is 36.4 Å². The molecule has 0 fully saturated rings. The van der Waals surface area contributed by atoms with Crippen molar-refractivity contribution in [2.75, 3.05) is 11.9 Å². The number of thiazole rings is 1. The highest BCUT2D eigenvalue weighted by molar-refractivity contribution is 7.20. The van der Waals surface area contributed by atoms with Gasteiger partial charge in [-0.05, 0) is 34.4 Å². The van der Waals surface area contributed by atoms with E-state index in [9.17, 15) is 9.59 Å². The van der Waals surface area contributed by atoms with Crippen LogP contribution in [0.5, 0.6) is 0 Å². The van der Waals surface area contributed by atoms with Crippen molar-refractivity contribution in [2.24, 2.45) is 0 Å². The lowest BCUT2D eigenvalue weighted by Crippen LogP contribution is -2.21. The summed E-state index contributed by atoms with van der Waals surface area (Å²) >= 11 is 2.92. The second kappa shape index (κ2) is 7.69. The third kappa shape index (κ3) is 4.05. The van der Waals surface area contributed by atoms with Crippen LogP contribution in [0.4, 0.5) is 5.69 Å². The van der Waals surface area contributed by atoms with Crippen LogP contribution in [-0.4, -0.2) is 23.5 Å². The molecule has 134 valence electrons. The molecule has 1 N–H and O–H groups in total. The molecule has 5 nitrogen and oxygen atoms in total. The van der Waals surface area contributed by atoms with E-state index in [0.717, 1.165) is 20.7 Å². The van der Waals surface area contributed by atoms with E-state index in [0.29, 0.717) is 5.69 Å². The van der Waals surface area contributed by atoms with E-state index >= 15 is 0 Å². The van der Waals surface area contributed by atoms with Gasteiger partial charge in [0.2, 0.25) is 0 Å². The van der Waals surface area contributed by atoms with Gasteiger partial charge >= 0.3 is 5.97 Å². The zero-order valence-corrected chi connectivity index (χ0v) is 15.7. The summed E-state index contributed by atoms with van der Waals surface area (Å²) < 4.78 is 5.08. The molecule has 27 heavy (non-hydrogen) atoms. The fraction of sp³-hybridized carbons (Fsp3) is 0.0500. The number of hydrogen-bond acceptors (Lipinski definition) is 6. The molecule has 1 amide bonds. The molecule has 2 aromatic carbocycles. The Bertz CT molecular complexity index is 1100. The number of carbonyl (C=O) groups excluding carboxylic acids is 2. The Balaban J connectivity index is 1.35. The summed E-state index contributed by atoms with van der Waals surface area (Å²) in [6.07, 6.45) is 0. The quantitative estimate of drug-likeness (QED) is 0.493. The molecule has 0 atom stereocenters. The maximum absolute atomic E-state index is 12.1. The number of aromatic nitrogens is 1. The number of nitrogens with one attached hydrogen (secondary N) is 1. The van der Waals surface area contributed by atoms with Crippen LogP contribution in [0.2, 0.25) is 0 Å². The molecule has 0 unspecified atom stereocenters. The third-order valence-electron chi connectivity index (χ3n) is 3.81. The predicted molar refractivity (Wildman–Crippen MR) is 108 cm³/mol. The first-order valence-corrected chi connectivity index (χ1v) is 9.90. The summed E-state index contributed by atoms with van der Waals surface area (Å²) in [6.45, 7) is -0.364. The van der Waals surface area contributed by atoms with Gasteiger partial charge < -0.3 is 10.1 Å². The van der Waals surface area contributed by atoms with Gasteiger partial charge in [-0.2, -0.15) is 0 Å². The molecule has 0 radical (unpaired) electrons. The maximum atomic E-state index is 12.1. The number of carbonyl (C=O) groups is 2. The molecule has 4 rings (SSSR count). The monoisotopic (exact) mass is 394 g/mol. The minimum Gasteiger partial charge on any atom is -0.451 e. The average Bonchev–Trinajstić information content (AvgIpc) is 3.37. The van der Waals surface area contributed by atoms with Gasteiger partial charge in [0, 0.05) is 11.1 Å². The fourth-order valence-electron chi connectivity index (χ4n) is 2.55. The fourth-order valence-corrected chi connectivity index (χ4v) is 4.15. The van der Waals surface area contributed by atoms with Gasteiger partial charge in [-0.15, -0.1) is 22.7 Å². The third-order valence-corrected chi connectivity index (χ3v) is 5.69. The van der Waals surface area contributed by atoms with Crippen molar-refractivity contribution in [3.63, 3.8) is 0 Å². The van der Waals surface area contributed by atoms with E-state index in [4.69, 9.17) is 4.74 Å². The van der Waals surface area contributed by atoms with Gasteiger partial charge in [0.05, 0.1) is 4.88 Å². The molecule has 0 saturated carbocycles. The summed E-state index contributed by atoms with van der Waals surface area (Å²) in [7, 11) is 0. The first-order chi connectivity index (χ1) is 13.2. The second-order valence-electron chi connectivity index (χ2n) is 5.70. The minimum absolute atomic E-state index is 0.210. The molecule has 0 aliphatic carbocycles. The Labute approximate surface area is 163 Å². The van der Waals surface area contributed by atoms with Crippen molar-refractivity contribution in [2.45, 2.75) is 0 Å². The van der Waals surface area contributed by atoms with Gasteiger partial charge in [0.15, 0.2) is 12.3 Å². The molecule has 0 aliphatic heterocycles.